The molecule has 7 nitrogen and oxygen atoms in total. The summed E-state index contributed by atoms with van der Waals surface area (Å²) in [6, 6.07) is 2.01. The molecule has 2 N–H and O–H groups in total. The monoisotopic (exact) mass is 275 g/mol. The second-order valence-corrected chi connectivity index (χ2v) is 4.87. The Balaban J connectivity index is 1.88. The SMILES string of the molecule is CNc1nc(NCc2ncn(C)n2)c2ccsc2n1. The molecule has 19 heavy (non-hydrogen) atoms. The van der Waals surface area contributed by atoms with Crippen LogP contribution in [0.3, 0.4) is 0 Å². The quantitative estimate of drug-likeness (QED) is 0.750. The van der Waals surface area contributed by atoms with Crippen molar-refractivity contribution in [3.8, 4) is 0 Å². The fourth-order valence-electron chi connectivity index (χ4n) is 1.73. The number of hydrogen-bond donors (Lipinski definition) is 2. The van der Waals surface area contributed by atoms with Gasteiger partial charge >= 0.3 is 0 Å². The largest absolute Gasteiger partial charge is 0.362 e. The van der Waals surface area contributed by atoms with Crippen molar-refractivity contribution in [2.75, 3.05) is 17.7 Å². The van der Waals surface area contributed by atoms with E-state index in [1.807, 2.05) is 18.5 Å². The maximum Gasteiger partial charge on any atom is 0.225 e. The molecular weight excluding hydrogens is 262 g/mol. The van der Waals surface area contributed by atoms with Crippen molar-refractivity contribution >= 4 is 33.3 Å². The summed E-state index contributed by atoms with van der Waals surface area (Å²) in [5.41, 5.74) is 0. The lowest BCUT2D eigenvalue weighted by Gasteiger charge is -2.06. The van der Waals surface area contributed by atoms with Crippen LogP contribution in [0.5, 0.6) is 0 Å². The molecule has 8 heteroatoms. The van der Waals surface area contributed by atoms with Gasteiger partial charge in [-0.05, 0) is 11.4 Å². The third kappa shape index (κ3) is 2.34. The maximum absolute atomic E-state index is 4.42. The number of nitrogens with zero attached hydrogens (tertiary/aromatic N) is 5. The molecule has 0 spiro atoms. The molecule has 0 aromatic carbocycles. The van der Waals surface area contributed by atoms with Gasteiger partial charge in [-0.25, -0.2) is 9.97 Å². The normalized spacial score (nSPS) is 10.8. The third-order valence-corrected chi connectivity index (χ3v) is 3.42. The van der Waals surface area contributed by atoms with Gasteiger partial charge in [0, 0.05) is 14.1 Å². The van der Waals surface area contributed by atoms with E-state index >= 15 is 0 Å². The van der Waals surface area contributed by atoms with Crippen molar-refractivity contribution in [1.82, 2.24) is 24.7 Å². The van der Waals surface area contributed by atoms with Crippen molar-refractivity contribution in [1.29, 1.82) is 0 Å². The van der Waals surface area contributed by atoms with Gasteiger partial charge in [-0.3, -0.25) is 4.68 Å². The van der Waals surface area contributed by atoms with Crippen LogP contribution >= 0.6 is 11.3 Å². The number of rotatable bonds is 4. The van der Waals surface area contributed by atoms with Crippen LogP contribution in [0.25, 0.3) is 10.2 Å². The van der Waals surface area contributed by atoms with Crippen molar-refractivity contribution in [2.24, 2.45) is 7.05 Å². The highest BCUT2D eigenvalue weighted by atomic mass is 32.1. The lowest BCUT2D eigenvalue weighted by Crippen LogP contribution is -2.06. The van der Waals surface area contributed by atoms with Gasteiger partial charge in [0.05, 0.1) is 11.9 Å². The summed E-state index contributed by atoms with van der Waals surface area (Å²) in [6.07, 6.45) is 1.68. The molecular formula is C11H13N7S. The topological polar surface area (TPSA) is 80.5 Å². The lowest BCUT2D eigenvalue weighted by atomic mass is 10.4. The van der Waals surface area contributed by atoms with Gasteiger partial charge in [-0.1, -0.05) is 0 Å². The highest BCUT2D eigenvalue weighted by Gasteiger charge is 2.08. The Kier molecular flexibility index (Phi) is 3.00. The molecule has 0 fully saturated rings. The zero-order valence-corrected chi connectivity index (χ0v) is 11.4. The second kappa shape index (κ2) is 4.81. The van der Waals surface area contributed by atoms with Gasteiger partial charge < -0.3 is 10.6 Å². The van der Waals surface area contributed by atoms with Crippen LogP contribution in [-0.4, -0.2) is 31.8 Å². The molecule has 3 heterocycles. The number of aromatic nitrogens is 5. The summed E-state index contributed by atoms with van der Waals surface area (Å²) >= 11 is 1.59. The molecule has 3 rings (SSSR count). The van der Waals surface area contributed by atoms with Gasteiger partial charge in [0.15, 0.2) is 5.82 Å². The second-order valence-electron chi connectivity index (χ2n) is 3.97. The minimum absolute atomic E-state index is 0.534. The molecule has 0 unspecified atom stereocenters. The van der Waals surface area contributed by atoms with E-state index in [1.54, 1.807) is 29.4 Å². The Morgan fingerprint density at radius 3 is 3.00 bits per heavy atom. The van der Waals surface area contributed by atoms with E-state index in [1.165, 1.54) is 0 Å². The van der Waals surface area contributed by atoms with E-state index < -0.39 is 0 Å². The summed E-state index contributed by atoms with van der Waals surface area (Å²) in [4.78, 5) is 13.9. The lowest BCUT2D eigenvalue weighted by molar-refractivity contribution is 0.747. The van der Waals surface area contributed by atoms with E-state index in [-0.39, 0.29) is 0 Å². The molecule has 0 atom stereocenters. The molecule has 0 bridgehead atoms. The van der Waals surface area contributed by atoms with E-state index in [0.717, 1.165) is 21.9 Å². The molecule has 0 saturated carbocycles. The molecule has 0 amide bonds. The van der Waals surface area contributed by atoms with Crippen LogP contribution < -0.4 is 10.6 Å². The first kappa shape index (κ1) is 11.8. The molecule has 98 valence electrons. The first-order valence-corrected chi connectivity index (χ1v) is 6.65. The van der Waals surface area contributed by atoms with E-state index in [4.69, 9.17) is 0 Å². The number of fused-ring (bicyclic) bond motifs is 1. The fraction of sp³-hybridized carbons (Fsp3) is 0.273. The molecule has 0 aliphatic heterocycles. The summed E-state index contributed by atoms with van der Waals surface area (Å²) in [7, 11) is 3.65. The number of aryl methyl sites for hydroxylation is 1. The highest BCUT2D eigenvalue weighted by molar-refractivity contribution is 7.16. The third-order valence-electron chi connectivity index (χ3n) is 2.61. The van der Waals surface area contributed by atoms with Gasteiger partial charge in [0.25, 0.3) is 0 Å². The Hall–Kier alpha value is -2.22. The van der Waals surface area contributed by atoms with E-state index in [2.05, 4.69) is 30.7 Å². The highest BCUT2D eigenvalue weighted by Crippen LogP contribution is 2.26. The van der Waals surface area contributed by atoms with Gasteiger partial charge in [0.1, 0.15) is 17.0 Å². The number of thiophene rings is 1. The Morgan fingerprint density at radius 1 is 1.37 bits per heavy atom. The average molecular weight is 275 g/mol. The summed E-state index contributed by atoms with van der Waals surface area (Å²) < 4.78 is 1.68. The minimum atomic E-state index is 0.534. The average Bonchev–Trinajstić information content (AvgIpc) is 3.04. The first-order valence-electron chi connectivity index (χ1n) is 5.77. The number of hydrogen-bond acceptors (Lipinski definition) is 7. The predicted molar refractivity (Wildman–Crippen MR) is 75.3 cm³/mol. The zero-order valence-electron chi connectivity index (χ0n) is 10.6. The van der Waals surface area contributed by atoms with E-state index in [0.29, 0.717) is 12.5 Å². The van der Waals surface area contributed by atoms with Crippen molar-refractivity contribution < 1.29 is 0 Å². The number of anilines is 2. The predicted octanol–water partition coefficient (Wildman–Crippen LogP) is 1.47. The smallest absolute Gasteiger partial charge is 0.225 e. The van der Waals surface area contributed by atoms with Crippen molar-refractivity contribution in [3.05, 3.63) is 23.6 Å². The van der Waals surface area contributed by atoms with Gasteiger partial charge in [-0.2, -0.15) is 10.1 Å². The standard InChI is InChI=1S/C11H13N7S/c1-12-11-15-9(7-3-4-19-10(7)16-11)13-5-8-14-6-18(2)17-8/h3-4,6H,5H2,1-2H3,(H2,12,13,15,16). The van der Waals surface area contributed by atoms with E-state index in [9.17, 15) is 0 Å². The number of nitrogens with one attached hydrogen (secondary N) is 2. The van der Waals surface area contributed by atoms with Gasteiger partial charge in [0.2, 0.25) is 5.95 Å². The minimum Gasteiger partial charge on any atom is -0.362 e. The first-order chi connectivity index (χ1) is 9.26. The van der Waals surface area contributed by atoms with Crippen molar-refractivity contribution in [3.63, 3.8) is 0 Å². The summed E-state index contributed by atoms with van der Waals surface area (Å²) in [5.74, 6) is 2.13. The van der Waals surface area contributed by atoms with Crippen LogP contribution in [0.15, 0.2) is 17.8 Å². The maximum atomic E-state index is 4.42. The summed E-state index contributed by atoms with van der Waals surface area (Å²) in [5, 5.41) is 13.5. The Morgan fingerprint density at radius 2 is 2.26 bits per heavy atom. The molecule has 0 aliphatic carbocycles. The molecule has 0 aliphatic rings. The van der Waals surface area contributed by atoms with Crippen LogP contribution in [-0.2, 0) is 13.6 Å². The molecule has 3 aromatic heterocycles. The fourth-order valence-corrected chi connectivity index (χ4v) is 2.49. The molecule has 0 radical (unpaired) electrons. The van der Waals surface area contributed by atoms with Crippen LogP contribution in [0, 0.1) is 0 Å². The Bertz CT molecular complexity index is 702. The van der Waals surface area contributed by atoms with Crippen molar-refractivity contribution in [2.45, 2.75) is 6.54 Å². The summed E-state index contributed by atoms with van der Waals surface area (Å²) in [6.45, 7) is 0.534. The van der Waals surface area contributed by atoms with Crippen LogP contribution in [0.1, 0.15) is 5.82 Å². The van der Waals surface area contributed by atoms with Crippen LogP contribution in [0.2, 0.25) is 0 Å². The molecule has 3 aromatic rings. The molecule has 0 saturated heterocycles. The zero-order chi connectivity index (χ0) is 13.2. The Labute approximate surface area is 113 Å². The van der Waals surface area contributed by atoms with Gasteiger partial charge in [-0.15, -0.1) is 11.3 Å². The van der Waals surface area contributed by atoms with Crippen LogP contribution in [0.4, 0.5) is 11.8 Å².